The van der Waals surface area contributed by atoms with Crippen LogP contribution < -0.4 is 19.7 Å². The van der Waals surface area contributed by atoms with Crippen LogP contribution >= 0.6 is 0 Å². The number of nitrogens with one attached hydrogen (secondary N) is 1. The predicted molar refractivity (Wildman–Crippen MR) is 93.1 cm³/mol. The van der Waals surface area contributed by atoms with Crippen molar-refractivity contribution in [3.63, 3.8) is 0 Å². The molecule has 4 rings (SSSR count). The summed E-state index contributed by atoms with van der Waals surface area (Å²) < 4.78 is 11.6. The molecular formula is C18H20N4O3. The molecule has 7 nitrogen and oxygen atoms in total. The Labute approximate surface area is 146 Å². The highest BCUT2D eigenvalue weighted by Gasteiger charge is 2.34. The van der Waals surface area contributed by atoms with Crippen LogP contribution in [0.5, 0.6) is 11.5 Å². The topological polar surface area (TPSA) is 76.6 Å². The third-order valence-corrected chi connectivity index (χ3v) is 4.43. The number of aromatic nitrogens is 2. The molecule has 7 heteroatoms. The SMILES string of the molecule is C[C@H]1Oc2ccccc2O[C@@H]1C(=O)Nc1cc(N2CCCC2)ncn1. The smallest absolute Gasteiger partial charge is 0.270 e. The Hall–Kier alpha value is -2.83. The van der Waals surface area contributed by atoms with Crippen molar-refractivity contribution in [3.05, 3.63) is 36.7 Å². The Morgan fingerprint density at radius 3 is 2.64 bits per heavy atom. The summed E-state index contributed by atoms with van der Waals surface area (Å²) in [6, 6.07) is 9.13. The lowest BCUT2D eigenvalue weighted by Gasteiger charge is -2.30. The first kappa shape index (κ1) is 15.7. The Morgan fingerprint density at radius 1 is 1.16 bits per heavy atom. The highest BCUT2D eigenvalue weighted by atomic mass is 16.6. The van der Waals surface area contributed by atoms with Crippen molar-refractivity contribution in [2.45, 2.75) is 32.0 Å². The zero-order valence-electron chi connectivity index (χ0n) is 14.0. The van der Waals surface area contributed by atoms with E-state index in [1.54, 1.807) is 12.1 Å². The normalized spacial score (nSPS) is 21.9. The lowest BCUT2D eigenvalue weighted by molar-refractivity contribution is -0.128. The van der Waals surface area contributed by atoms with E-state index >= 15 is 0 Å². The number of rotatable bonds is 3. The fraction of sp³-hybridized carbons (Fsp3) is 0.389. The first-order valence-electron chi connectivity index (χ1n) is 8.51. The molecule has 0 spiro atoms. The van der Waals surface area contributed by atoms with Gasteiger partial charge in [-0.2, -0.15) is 0 Å². The van der Waals surface area contributed by atoms with E-state index in [0.717, 1.165) is 31.7 Å². The Bertz CT molecular complexity index is 776. The van der Waals surface area contributed by atoms with E-state index in [-0.39, 0.29) is 5.91 Å². The molecule has 1 N–H and O–H groups in total. The van der Waals surface area contributed by atoms with E-state index in [1.165, 1.54) is 6.33 Å². The van der Waals surface area contributed by atoms with Gasteiger partial charge in [0.25, 0.3) is 5.91 Å². The van der Waals surface area contributed by atoms with E-state index < -0.39 is 12.2 Å². The molecule has 2 atom stereocenters. The first-order valence-corrected chi connectivity index (χ1v) is 8.51. The number of hydrogen-bond donors (Lipinski definition) is 1. The molecule has 1 fully saturated rings. The molecule has 0 saturated carbocycles. The lowest BCUT2D eigenvalue weighted by atomic mass is 10.1. The average molecular weight is 340 g/mol. The molecule has 130 valence electrons. The molecule has 1 aromatic carbocycles. The van der Waals surface area contributed by atoms with Crippen LogP contribution in [0.4, 0.5) is 11.6 Å². The molecule has 25 heavy (non-hydrogen) atoms. The van der Waals surface area contributed by atoms with Gasteiger partial charge >= 0.3 is 0 Å². The largest absolute Gasteiger partial charge is 0.482 e. The number of para-hydroxylation sites is 2. The van der Waals surface area contributed by atoms with Gasteiger partial charge in [0.1, 0.15) is 24.1 Å². The number of ether oxygens (including phenoxy) is 2. The third kappa shape index (κ3) is 3.22. The fourth-order valence-corrected chi connectivity index (χ4v) is 3.14. The van der Waals surface area contributed by atoms with Crippen LogP contribution in [0.2, 0.25) is 0 Å². The van der Waals surface area contributed by atoms with Crippen molar-refractivity contribution in [2.24, 2.45) is 0 Å². The second-order valence-corrected chi connectivity index (χ2v) is 6.25. The maximum Gasteiger partial charge on any atom is 0.270 e. The van der Waals surface area contributed by atoms with Gasteiger partial charge in [0.05, 0.1) is 0 Å². The fourth-order valence-electron chi connectivity index (χ4n) is 3.14. The summed E-state index contributed by atoms with van der Waals surface area (Å²) in [7, 11) is 0. The molecule has 0 radical (unpaired) electrons. The average Bonchev–Trinajstić information content (AvgIpc) is 3.16. The third-order valence-electron chi connectivity index (χ3n) is 4.43. The minimum Gasteiger partial charge on any atom is -0.482 e. The van der Waals surface area contributed by atoms with Gasteiger partial charge in [-0.15, -0.1) is 0 Å². The molecule has 0 unspecified atom stereocenters. The maximum atomic E-state index is 12.6. The van der Waals surface area contributed by atoms with Crippen LogP contribution in [0.1, 0.15) is 19.8 Å². The molecule has 0 aliphatic carbocycles. The van der Waals surface area contributed by atoms with Gasteiger partial charge in [-0.25, -0.2) is 9.97 Å². The van der Waals surface area contributed by atoms with Gasteiger partial charge in [0, 0.05) is 19.2 Å². The molecule has 0 bridgehead atoms. The highest BCUT2D eigenvalue weighted by molar-refractivity contribution is 5.94. The van der Waals surface area contributed by atoms with Crippen LogP contribution in [0.15, 0.2) is 36.7 Å². The number of carbonyl (C=O) groups is 1. The molecule has 2 aliphatic rings. The van der Waals surface area contributed by atoms with Crippen LogP contribution in [0, 0.1) is 0 Å². The van der Waals surface area contributed by atoms with Crippen LogP contribution in [-0.2, 0) is 4.79 Å². The van der Waals surface area contributed by atoms with Crippen molar-refractivity contribution in [3.8, 4) is 11.5 Å². The predicted octanol–water partition coefficient (Wildman–Crippen LogP) is 2.24. The molecule has 3 heterocycles. The highest BCUT2D eigenvalue weighted by Crippen LogP contribution is 2.33. The second-order valence-electron chi connectivity index (χ2n) is 6.25. The number of hydrogen-bond acceptors (Lipinski definition) is 6. The van der Waals surface area contributed by atoms with Crippen molar-refractivity contribution < 1.29 is 14.3 Å². The maximum absolute atomic E-state index is 12.6. The summed E-state index contributed by atoms with van der Waals surface area (Å²) in [6.45, 7) is 3.78. The van der Waals surface area contributed by atoms with Crippen LogP contribution in [0.25, 0.3) is 0 Å². The number of benzene rings is 1. The molecule has 1 saturated heterocycles. The van der Waals surface area contributed by atoms with E-state index in [9.17, 15) is 4.79 Å². The summed E-state index contributed by atoms with van der Waals surface area (Å²) in [5.74, 6) is 2.24. The zero-order valence-corrected chi connectivity index (χ0v) is 14.0. The number of carbonyl (C=O) groups excluding carboxylic acids is 1. The standard InChI is InChI=1S/C18H20N4O3/c1-12-17(25-14-7-3-2-6-13(14)24-12)18(23)21-15-10-16(20-11-19-15)22-8-4-5-9-22/h2-3,6-7,10-12,17H,4-5,8-9H2,1H3,(H,19,20,21,23)/t12-,17+/m1/s1. The molecular weight excluding hydrogens is 320 g/mol. The number of amides is 1. The van der Waals surface area contributed by atoms with Crippen LogP contribution in [0.3, 0.4) is 0 Å². The molecule has 1 amide bonds. The zero-order chi connectivity index (χ0) is 17.2. The quantitative estimate of drug-likeness (QED) is 0.923. The van der Waals surface area contributed by atoms with E-state index in [2.05, 4.69) is 20.2 Å². The molecule has 1 aromatic heterocycles. The summed E-state index contributed by atoms with van der Waals surface area (Å²) in [5, 5.41) is 2.82. The summed E-state index contributed by atoms with van der Waals surface area (Å²) >= 11 is 0. The van der Waals surface area contributed by atoms with Gasteiger partial charge in [-0.05, 0) is 31.9 Å². The van der Waals surface area contributed by atoms with E-state index in [0.29, 0.717) is 17.3 Å². The van der Waals surface area contributed by atoms with Gasteiger partial charge in [0.2, 0.25) is 6.10 Å². The monoisotopic (exact) mass is 340 g/mol. The summed E-state index contributed by atoms with van der Waals surface area (Å²) in [5.41, 5.74) is 0. The van der Waals surface area contributed by atoms with Gasteiger partial charge < -0.3 is 19.7 Å². The number of fused-ring (bicyclic) bond motifs is 1. The Morgan fingerprint density at radius 2 is 1.88 bits per heavy atom. The van der Waals surface area contributed by atoms with Crippen molar-refractivity contribution in [2.75, 3.05) is 23.3 Å². The van der Waals surface area contributed by atoms with Gasteiger partial charge in [0.15, 0.2) is 11.5 Å². The number of nitrogens with zero attached hydrogens (tertiary/aromatic N) is 3. The van der Waals surface area contributed by atoms with Crippen molar-refractivity contribution in [1.29, 1.82) is 0 Å². The molecule has 2 aromatic rings. The summed E-state index contributed by atoms with van der Waals surface area (Å²) in [6.07, 6.45) is 2.67. The minimum absolute atomic E-state index is 0.284. The molecule has 2 aliphatic heterocycles. The Kier molecular flexibility index (Phi) is 4.13. The van der Waals surface area contributed by atoms with E-state index in [1.807, 2.05) is 25.1 Å². The van der Waals surface area contributed by atoms with E-state index in [4.69, 9.17) is 9.47 Å². The summed E-state index contributed by atoms with van der Waals surface area (Å²) in [4.78, 5) is 23.3. The van der Waals surface area contributed by atoms with Gasteiger partial charge in [-0.1, -0.05) is 12.1 Å². The lowest BCUT2D eigenvalue weighted by Crippen LogP contribution is -2.46. The van der Waals surface area contributed by atoms with Crippen molar-refractivity contribution in [1.82, 2.24) is 9.97 Å². The van der Waals surface area contributed by atoms with Crippen molar-refractivity contribution >= 4 is 17.5 Å². The second kappa shape index (κ2) is 6.58. The van der Waals surface area contributed by atoms with Gasteiger partial charge in [-0.3, -0.25) is 4.79 Å². The minimum atomic E-state index is -0.736. The van der Waals surface area contributed by atoms with Crippen LogP contribution in [-0.4, -0.2) is 41.2 Å². The Balaban J connectivity index is 1.48. The number of anilines is 2. The first-order chi connectivity index (χ1) is 12.2.